The largest absolute Gasteiger partial charge is 0.420 e. The van der Waals surface area contributed by atoms with Crippen LogP contribution in [0.3, 0.4) is 0 Å². The second-order valence-electron chi connectivity index (χ2n) is 7.76. The third kappa shape index (κ3) is 2.98. The molecule has 1 fully saturated rings. The topological polar surface area (TPSA) is 92.2 Å². The van der Waals surface area contributed by atoms with Gasteiger partial charge >= 0.3 is 0 Å². The first-order chi connectivity index (χ1) is 13.0. The lowest BCUT2D eigenvalue weighted by Gasteiger charge is -2.26. The van der Waals surface area contributed by atoms with Crippen molar-refractivity contribution in [3.63, 3.8) is 0 Å². The number of likely N-dealkylation sites (tertiary alicyclic amines) is 1. The zero-order valence-corrected chi connectivity index (χ0v) is 16.1. The van der Waals surface area contributed by atoms with E-state index in [1.54, 1.807) is 4.90 Å². The summed E-state index contributed by atoms with van der Waals surface area (Å²) in [6, 6.07) is 6.78. The van der Waals surface area contributed by atoms with Gasteiger partial charge in [0.1, 0.15) is 18.2 Å². The molecule has 0 amide bonds. The molecule has 0 unspecified atom stereocenters. The molecule has 6 heteroatoms. The average Bonchev–Trinajstić information content (AvgIpc) is 3.26. The minimum atomic E-state index is -0.245. The minimum Gasteiger partial charge on any atom is -0.420 e. The van der Waals surface area contributed by atoms with Crippen LogP contribution in [-0.4, -0.2) is 23.3 Å². The molecular formula is C21H26N5O+. The number of fused-ring (bicyclic) bond motifs is 1. The lowest BCUT2D eigenvalue weighted by atomic mass is 9.81. The number of nitriles is 1. The lowest BCUT2D eigenvalue weighted by Crippen LogP contribution is -3.08. The van der Waals surface area contributed by atoms with E-state index in [2.05, 4.69) is 42.2 Å². The lowest BCUT2D eigenvalue weighted by molar-refractivity contribution is -0.901. The van der Waals surface area contributed by atoms with Crippen molar-refractivity contribution in [2.24, 2.45) is 5.73 Å². The van der Waals surface area contributed by atoms with E-state index in [1.165, 1.54) is 37.1 Å². The minimum absolute atomic E-state index is 0.146. The Hall–Kier alpha value is -2.78. The van der Waals surface area contributed by atoms with Crippen molar-refractivity contribution in [1.82, 2.24) is 10.2 Å². The van der Waals surface area contributed by atoms with Gasteiger partial charge in [0.2, 0.25) is 11.8 Å². The van der Waals surface area contributed by atoms with Gasteiger partial charge in [0.05, 0.1) is 19.0 Å². The van der Waals surface area contributed by atoms with E-state index >= 15 is 0 Å². The Balaban J connectivity index is 1.84. The Morgan fingerprint density at radius 1 is 1.26 bits per heavy atom. The molecule has 1 aromatic carbocycles. The highest BCUT2D eigenvalue weighted by atomic mass is 16.5. The smallest absolute Gasteiger partial charge is 0.244 e. The van der Waals surface area contributed by atoms with Gasteiger partial charge < -0.3 is 15.4 Å². The molecule has 140 valence electrons. The van der Waals surface area contributed by atoms with Gasteiger partial charge in [-0.05, 0) is 43.5 Å². The number of aryl methyl sites for hydroxylation is 3. The summed E-state index contributed by atoms with van der Waals surface area (Å²) in [6.07, 6.45) is 2.62. The number of aromatic nitrogens is 2. The van der Waals surface area contributed by atoms with Crippen LogP contribution in [0.5, 0.6) is 5.88 Å². The molecule has 3 heterocycles. The number of nitrogens with two attached hydrogens (primary N) is 1. The van der Waals surface area contributed by atoms with Gasteiger partial charge in [0, 0.05) is 29.7 Å². The van der Waals surface area contributed by atoms with Gasteiger partial charge in [0.15, 0.2) is 0 Å². The van der Waals surface area contributed by atoms with Crippen molar-refractivity contribution >= 4 is 0 Å². The molecule has 2 aromatic rings. The van der Waals surface area contributed by atoms with Gasteiger partial charge in [-0.3, -0.25) is 5.10 Å². The van der Waals surface area contributed by atoms with E-state index in [0.29, 0.717) is 11.5 Å². The fraction of sp³-hybridized carbons (Fsp3) is 0.429. The predicted octanol–water partition coefficient (Wildman–Crippen LogP) is 1.73. The third-order valence-electron chi connectivity index (χ3n) is 5.92. The normalized spacial score (nSPS) is 19.7. The SMILES string of the molecule is Cc1cc(C)c([C@@H]2C(C#N)=C(N)Oc3n[nH]c(C)c32)cc1C[NH+]1CCCC1. The molecule has 1 aromatic heterocycles. The van der Waals surface area contributed by atoms with Crippen LogP contribution in [-0.2, 0) is 6.54 Å². The molecule has 2 aliphatic rings. The standard InChI is InChI=1S/C21H25N5O/c1-12-8-13(2)16(9-15(12)11-26-6-4-5-7-26)19-17(10-22)20(23)27-21-18(19)14(3)24-25-21/h8-9,19H,4-7,11,23H2,1-3H3,(H,24,25)/p+1/t19-/m1/s1. The number of allylic oxidation sites excluding steroid dienone is 1. The van der Waals surface area contributed by atoms with Crippen molar-refractivity contribution in [2.45, 2.75) is 46.1 Å². The van der Waals surface area contributed by atoms with Crippen LogP contribution in [0.1, 0.15) is 52.3 Å². The van der Waals surface area contributed by atoms with Crippen molar-refractivity contribution in [3.8, 4) is 11.9 Å². The van der Waals surface area contributed by atoms with Crippen LogP contribution < -0.4 is 15.4 Å². The number of quaternary nitrogens is 1. The summed E-state index contributed by atoms with van der Waals surface area (Å²) in [5.41, 5.74) is 13.3. The van der Waals surface area contributed by atoms with Crippen LogP contribution in [0.15, 0.2) is 23.6 Å². The molecule has 0 bridgehead atoms. The van der Waals surface area contributed by atoms with E-state index in [0.717, 1.165) is 28.9 Å². The number of benzene rings is 1. The molecule has 0 radical (unpaired) electrons. The predicted molar refractivity (Wildman–Crippen MR) is 102 cm³/mol. The number of nitrogens with one attached hydrogen (secondary N) is 2. The Kier molecular flexibility index (Phi) is 4.40. The maximum Gasteiger partial charge on any atom is 0.244 e. The van der Waals surface area contributed by atoms with Crippen LogP contribution in [0.2, 0.25) is 0 Å². The summed E-state index contributed by atoms with van der Waals surface area (Å²) in [5, 5.41) is 17.0. The molecular weight excluding hydrogens is 338 g/mol. The number of aromatic amines is 1. The number of H-pyrrole nitrogens is 1. The summed E-state index contributed by atoms with van der Waals surface area (Å²) in [7, 11) is 0. The average molecular weight is 364 g/mol. The number of hydrogen-bond donors (Lipinski definition) is 3. The highest BCUT2D eigenvalue weighted by Gasteiger charge is 2.35. The number of ether oxygens (including phenoxy) is 1. The molecule has 1 saturated heterocycles. The zero-order chi connectivity index (χ0) is 19.1. The van der Waals surface area contributed by atoms with Crippen molar-refractivity contribution < 1.29 is 9.64 Å². The van der Waals surface area contributed by atoms with Crippen molar-refractivity contribution in [1.29, 1.82) is 5.26 Å². The zero-order valence-electron chi connectivity index (χ0n) is 16.1. The summed E-state index contributed by atoms with van der Waals surface area (Å²) in [4.78, 5) is 1.63. The van der Waals surface area contributed by atoms with Gasteiger partial charge in [-0.15, -0.1) is 5.10 Å². The van der Waals surface area contributed by atoms with E-state index in [-0.39, 0.29) is 11.8 Å². The van der Waals surface area contributed by atoms with Gasteiger partial charge in [-0.25, -0.2) is 0 Å². The second kappa shape index (κ2) is 6.75. The molecule has 0 aliphatic carbocycles. The number of nitrogens with zero attached hydrogens (tertiary/aromatic N) is 2. The van der Waals surface area contributed by atoms with Crippen LogP contribution in [0.25, 0.3) is 0 Å². The number of rotatable bonds is 3. The molecule has 4 rings (SSSR count). The quantitative estimate of drug-likeness (QED) is 0.773. The summed E-state index contributed by atoms with van der Waals surface area (Å²) in [6.45, 7) is 9.74. The first-order valence-electron chi connectivity index (χ1n) is 9.55. The van der Waals surface area contributed by atoms with Gasteiger partial charge in [-0.1, -0.05) is 6.07 Å². The first-order valence-corrected chi connectivity index (χ1v) is 9.55. The Morgan fingerprint density at radius 2 is 2.00 bits per heavy atom. The van der Waals surface area contributed by atoms with Crippen molar-refractivity contribution in [2.75, 3.05) is 13.1 Å². The maximum absolute atomic E-state index is 9.79. The van der Waals surface area contributed by atoms with E-state index in [9.17, 15) is 5.26 Å². The number of hydrogen-bond acceptors (Lipinski definition) is 4. The summed E-state index contributed by atoms with van der Waals surface area (Å²) < 4.78 is 5.60. The molecule has 6 nitrogen and oxygen atoms in total. The fourth-order valence-corrected chi connectivity index (χ4v) is 4.45. The molecule has 4 N–H and O–H groups in total. The Labute approximate surface area is 159 Å². The first kappa shape index (κ1) is 17.6. The molecule has 2 aliphatic heterocycles. The fourth-order valence-electron chi connectivity index (χ4n) is 4.45. The summed E-state index contributed by atoms with van der Waals surface area (Å²) >= 11 is 0. The maximum atomic E-state index is 9.79. The van der Waals surface area contributed by atoms with Gasteiger partial charge in [-0.2, -0.15) is 5.26 Å². The Bertz CT molecular complexity index is 960. The van der Waals surface area contributed by atoms with Crippen molar-refractivity contribution in [3.05, 3.63) is 57.1 Å². The second-order valence-corrected chi connectivity index (χ2v) is 7.76. The molecule has 0 saturated carbocycles. The van der Waals surface area contributed by atoms with Crippen LogP contribution in [0.4, 0.5) is 0 Å². The third-order valence-corrected chi connectivity index (χ3v) is 5.92. The van der Waals surface area contributed by atoms with Crippen LogP contribution in [0, 0.1) is 32.1 Å². The Morgan fingerprint density at radius 3 is 2.70 bits per heavy atom. The molecule has 1 atom stereocenters. The molecule has 0 spiro atoms. The van der Waals surface area contributed by atoms with E-state index in [1.807, 2.05) is 6.92 Å². The molecule has 27 heavy (non-hydrogen) atoms. The highest BCUT2D eigenvalue weighted by molar-refractivity contribution is 5.57. The van der Waals surface area contributed by atoms with E-state index < -0.39 is 0 Å². The summed E-state index contributed by atoms with van der Waals surface area (Å²) in [5.74, 6) is 0.374. The monoisotopic (exact) mass is 364 g/mol. The highest BCUT2D eigenvalue weighted by Crippen LogP contribution is 2.43. The van der Waals surface area contributed by atoms with Gasteiger partial charge in [0.25, 0.3) is 0 Å². The van der Waals surface area contributed by atoms with E-state index in [4.69, 9.17) is 10.5 Å². The van der Waals surface area contributed by atoms with Crippen LogP contribution >= 0.6 is 0 Å².